The lowest BCUT2D eigenvalue weighted by atomic mass is 9.65. The summed E-state index contributed by atoms with van der Waals surface area (Å²) in [5, 5.41) is 18.6. The molecule has 0 aliphatic heterocycles. The second-order valence-electron chi connectivity index (χ2n) is 15.4. The van der Waals surface area contributed by atoms with E-state index in [-0.39, 0.29) is 0 Å². The minimum Gasteiger partial charge on any atom is -0.192 e. The van der Waals surface area contributed by atoms with E-state index in [2.05, 4.69) is 170 Å². The Morgan fingerprint density at radius 1 is 0.254 bits per heavy atom. The molecule has 59 heavy (non-hydrogen) atoms. The van der Waals surface area contributed by atoms with Gasteiger partial charge in [0.2, 0.25) is 0 Å². The quantitative estimate of drug-likeness (QED) is 0.180. The van der Waals surface area contributed by atoms with Gasteiger partial charge >= 0.3 is 0 Å². The Bertz CT molecular complexity index is 2970. The smallest absolute Gasteiger partial charge is 0.0991 e. The maximum absolute atomic E-state index is 9.32. The third kappa shape index (κ3) is 5.32. The van der Waals surface area contributed by atoms with Crippen molar-refractivity contribution in [2.75, 3.05) is 0 Å². The van der Waals surface area contributed by atoms with Gasteiger partial charge in [0, 0.05) is 0 Å². The van der Waals surface area contributed by atoms with Crippen molar-refractivity contribution in [3.63, 3.8) is 0 Å². The molecule has 2 aliphatic rings. The molecule has 0 heterocycles. The summed E-state index contributed by atoms with van der Waals surface area (Å²) in [7, 11) is 0. The fourth-order valence-corrected chi connectivity index (χ4v) is 9.64. The highest BCUT2D eigenvalue weighted by Crippen LogP contribution is 2.62. The molecule has 2 nitrogen and oxygen atoms in total. The van der Waals surface area contributed by atoms with Crippen molar-refractivity contribution in [2.45, 2.75) is 5.41 Å². The molecule has 0 saturated heterocycles. The summed E-state index contributed by atoms with van der Waals surface area (Å²) >= 11 is 0. The van der Waals surface area contributed by atoms with Gasteiger partial charge in [-0.3, -0.25) is 0 Å². The lowest BCUT2D eigenvalue weighted by Crippen LogP contribution is -2.29. The predicted molar refractivity (Wildman–Crippen MR) is 239 cm³/mol. The molecule has 0 radical (unpaired) electrons. The van der Waals surface area contributed by atoms with Crippen LogP contribution in [0.25, 0.3) is 77.9 Å². The molecule has 0 aromatic heterocycles. The summed E-state index contributed by atoms with van der Waals surface area (Å²) in [4.78, 5) is 0. The molecule has 0 atom stereocenters. The van der Waals surface area contributed by atoms with Gasteiger partial charge in [-0.1, -0.05) is 170 Å². The SMILES string of the molecule is N#Cc1ccc(-c2ccc(-c3ccc4c(c3)C3(c5cc(-c6ccc(-c7ccc(C#N)cc7)cc6)ccc5-c5ccccc5-4)c4ccccc4-c4ccccc43)cc2)cc1. The van der Waals surface area contributed by atoms with Gasteiger partial charge in [-0.05, 0) is 137 Å². The van der Waals surface area contributed by atoms with Crippen molar-refractivity contribution in [3.05, 3.63) is 240 Å². The Morgan fingerprint density at radius 3 is 0.881 bits per heavy atom. The van der Waals surface area contributed by atoms with Gasteiger partial charge in [-0.25, -0.2) is 0 Å². The molecule has 9 aromatic carbocycles. The van der Waals surface area contributed by atoms with E-state index in [0.717, 1.165) is 44.5 Å². The van der Waals surface area contributed by atoms with E-state index in [4.69, 9.17) is 0 Å². The molecule has 0 unspecified atom stereocenters. The van der Waals surface area contributed by atoms with E-state index in [1.165, 1.54) is 55.6 Å². The van der Waals surface area contributed by atoms with Gasteiger partial charge in [0.1, 0.15) is 0 Å². The van der Waals surface area contributed by atoms with Gasteiger partial charge in [-0.2, -0.15) is 10.5 Å². The molecule has 0 fully saturated rings. The summed E-state index contributed by atoms with van der Waals surface area (Å²) in [6.45, 7) is 0. The highest BCUT2D eigenvalue weighted by molar-refractivity contribution is 5.98. The zero-order chi connectivity index (χ0) is 39.5. The van der Waals surface area contributed by atoms with Crippen LogP contribution < -0.4 is 0 Å². The first-order valence-electron chi connectivity index (χ1n) is 19.9. The zero-order valence-electron chi connectivity index (χ0n) is 32.0. The molecule has 0 bridgehead atoms. The van der Waals surface area contributed by atoms with Crippen LogP contribution in [0, 0.1) is 22.7 Å². The van der Waals surface area contributed by atoms with E-state index < -0.39 is 5.41 Å². The second-order valence-corrected chi connectivity index (χ2v) is 15.4. The van der Waals surface area contributed by atoms with Crippen molar-refractivity contribution in [1.29, 1.82) is 10.5 Å². The molecule has 272 valence electrons. The van der Waals surface area contributed by atoms with E-state index in [1.807, 2.05) is 48.5 Å². The van der Waals surface area contributed by atoms with Crippen LogP contribution in [0.4, 0.5) is 0 Å². The molecule has 0 amide bonds. The van der Waals surface area contributed by atoms with Crippen molar-refractivity contribution in [2.24, 2.45) is 0 Å². The minimum atomic E-state index is -0.617. The normalized spacial score (nSPS) is 12.5. The number of nitrogens with zero attached hydrogens (tertiary/aromatic N) is 2. The van der Waals surface area contributed by atoms with Gasteiger partial charge in [0.25, 0.3) is 0 Å². The van der Waals surface area contributed by atoms with Gasteiger partial charge in [0.15, 0.2) is 0 Å². The lowest BCUT2D eigenvalue weighted by Gasteiger charge is -2.36. The third-order valence-electron chi connectivity index (χ3n) is 12.4. The standard InChI is InChI=1S/C57H34N2/c58-35-37-13-17-39(18-14-37)41-21-25-43(26-22-41)45-29-31-51-47-7-1-2-8-48(47)52-32-30-46(44-27-23-42(24-28-44)40-19-15-38(36-59)16-20-40)34-56(52)57(55(51)33-45)53-11-5-3-9-49(53)50-10-4-6-12-54(50)57/h1-34H. The summed E-state index contributed by atoms with van der Waals surface area (Å²) in [6, 6.07) is 78.7. The zero-order valence-corrected chi connectivity index (χ0v) is 32.0. The van der Waals surface area contributed by atoms with Crippen molar-refractivity contribution < 1.29 is 0 Å². The maximum atomic E-state index is 9.32. The highest BCUT2D eigenvalue weighted by atomic mass is 14.5. The Morgan fingerprint density at radius 2 is 0.525 bits per heavy atom. The molecular weight excluding hydrogens is 713 g/mol. The van der Waals surface area contributed by atoms with Crippen LogP contribution in [0.2, 0.25) is 0 Å². The van der Waals surface area contributed by atoms with E-state index in [1.54, 1.807) is 0 Å². The number of rotatable bonds is 4. The maximum Gasteiger partial charge on any atom is 0.0991 e. The Kier molecular flexibility index (Phi) is 7.87. The summed E-state index contributed by atoms with van der Waals surface area (Å²) in [5.41, 5.74) is 22.3. The molecule has 11 rings (SSSR count). The lowest BCUT2D eigenvalue weighted by molar-refractivity contribution is 0.776. The number of nitriles is 2. The Hall–Kier alpha value is -8.04. The fourth-order valence-electron chi connectivity index (χ4n) is 9.64. The molecule has 2 aliphatic carbocycles. The Labute approximate surface area is 344 Å². The van der Waals surface area contributed by atoms with E-state index in [0.29, 0.717) is 11.1 Å². The van der Waals surface area contributed by atoms with Crippen LogP contribution in [0.3, 0.4) is 0 Å². The average Bonchev–Trinajstić information content (AvgIpc) is 3.56. The molecule has 2 heteroatoms. The number of hydrogen-bond acceptors (Lipinski definition) is 2. The number of hydrogen-bond donors (Lipinski definition) is 0. The largest absolute Gasteiger partial charge is 0.192 e. The van der Waals surface area contributed by atoms with Crippen molar-refractivity contribution in [3.8, 4) is 90.0 Å². The first kappa shape index (κ1) is 34.2. The van der Waals surface area contributed by atoms with Crippen LogP contribution >= 0.6 is 0 Å². The third-order valence-corrected chi connectivity index (χ3v) is 12.4. The van der Waals surface area contributed by atoms with Gasteiger partial charge < -0.3 is 0 Å². The summed E-state index contributed by atoms with van der Waals surface area (Å²) < 4.78 is 0. The molecular formula is C57H34N2. The highest BCUT2D eigenvalue weighted by Gasteiger charge is 2.49. The van der Waals surface area contributed by atoms with E-state index >= 15 is 0 Å². The second kappa shape index (κ2) is 13.6. The molecule has 9 aromatic rings. The van der Waals surface area contributed by atoms with Gasteiger partial charge in [-0.15, -0.1) is 0 Å². The van der Waals surface area contributed by atoms with Crippen LogP contribution in [0.15, 0.2) is 206 Å². The van der Waals surface area contributed by atoms with E-state index in [9.17, 15) is 10.5 Å². The molecule has 1 spiro atoms. The van der Waals surface area contributed by atoms with Crippen LogP contribution in [-0.2, 0) is 5.41 Å². The average molecular weight is 747 g/mol. The number of fused-ring (bicyclic) bond motifs is 12. The topological polar surface area (TPSA) is 47.6 Å². The van der Waals surface area contributed by atoms with Crippen molar-refractivity contribution >= 4 is 0 Å². The van der Waals surface area contributed by atoms with Crippen LogP contribution in [0.1, 0.15) is 33.4 Å². The number of benzene rings is 9. The summed E-state index contributed by atoms with van der Waals surface area (Å²) in [5.74, 6) is 0. The van der Waals surface area contributed by atoms with Crippen LogP contribution in [0.5, 0.6) is 0 Å². The Balaban J connectivity index is 1.14. The molecule has 0 saturated carbocycles. The van der Waals surface area contributed by atoms with Crippen molar-refractivity contribution in [1.82, 2.24) is 0 Å². The summed E-state index contributed by atoms with van der Waals surface area (Å²) in [6.07, 6.45) is 0. The predicted octanol–water partition coefficient (Wildman–Crippen LogP) is 14.1. The monoisotopic (exact) mass is 746 g/mol. The fraction of sp³-hybridized carbons (Fsp3) is 0.0175. The first-order chi connectivity index (χ1) is 29.1. The minimum absolute atomic E-state index is 0.617. The molecule has 0 N–H and O–H groups in total. The van der Waals surface area contributed by atoms with Gasteiger partial charge in [0.05, 0.1) is 28.7 Å². The first-order valence-corrected chi connectivity index (χ1v) is 19.9. The van der Waals surface area contributed by atoms with Crippen LogP contribution in [-0.4, -0.2) is 0 Å².